The zero-order chi connectivity index (χ0) is 10.6. The molecule has 80 valence electrons. The fourth-order valence-corrected chi connectivity index (χ4v) is 1.43. The third kappa shape index (κ3) is 2.78. The van der Waals surface area contributed by atoms with Crippen LogP contribution >= 0.6 is 0 Å². The monoisotopic (exact) mass is 198 g/mol. The molecule has 1 aromatic heterocycles. The van der Waals surface area contributed by atoms with E-state index in [-0.39, 0.29) is 12.6 Å². The van der Waals surface area contributed by atoms with Gasteiger partial charge in [0.05, 0.1) is 6.54 Å². The van der Waals surface area contributed by atoms with Crippen LogP contribution in [0.15, 0.2) is 0 Å². The Hall–Kier alpha value is -0.940. The van der Waals surface area contributed by atoms with Crippen LogP contribution in [0.5, 0.6) is 0 Å². The van der Waals surface area contributed by atoms with Crippen LogP contribution in [0.4, 0.5) is 0 Å². The van der Waals surface area contributed by atoms with Crippen LogP contribution in [0.25, 0.3) is 0 Å². The first kappa shape index (κ1) is 11.1. The van der Waals surface area contributed by atoms with Gasteiger partial charge < -0.3 is 10.4 Å². The van der Waals surface area contributed by atoms with Gasteiger partial charge in [-0.2, -0.15) is 5.10 Å². The molecule has 14 heavy (non-hydrogen) atoms. The van der Waals surface area contributed by atoms with Crippen LogP contribution in [-0.2, 0) is 6.54 Å². The number of rotatable bonds is 5. The average Bonchev–Trinajstić information content (AvgIpc) is 2.44. The van der Waals surface area contributed by atoms with E-state index in [0.717, 1.165) is 24.6 Å². The smallest absolute Gasteiger partial charge is 0.147 e. The molecule has 0 aliphatic carbocycles. The van der Waals surface area contributed by atoms with Crippen molar-refractivity contribution < 1.29 is 5.11 Å². The molecule has 0 saturated heterocycles. The molecule has 0 spiro atoms. The standard InChI is InChI=1S/C9H18N4O/c1-7-11-8(2)13(12-7)6-9(10-3)4-5-14/h9-10,14H,4-6H2,1-3H3. The molecule has 0 saturated carbocycles. The van der Waals surface area contributed by atoms with Crippen molar-refractivity contribution in [2.45, 2.75) is 32.9 Å². The molecule has 1 unspecified atom stereocenters. The fourth-order valence-electron chi connectivity index (χ4n) is 1.43. The number of nitrogens with zero attached hydrogens (tertiary/aromatic N) is 3. The second kappa shape index (κ2) is 5.07. The molecule has 0 amide bonds. The summed E-state index contributed by atoms with van der Waals surface area (Å²) >= 11 is 0. The van der Waals surface area contributed by atoms with Gasteiger partial charge in [-0.05, 0) is 27.3 Å². The highest BCUT2D eigenvalue weighted by molar-refractivity contribution is 4.88. The first-order chi connectivity index (χ1) is 6.67. The van der Waals surface area contributed by atoms with Gasteiger partial charge in [0.2, 0.25) is 0 Å². The molecule has 1 heterocycles. The lowest BCUT2D eigenvalue weighted by molar-refractivity contribution is 0.257. The summed E-state index contributed by atoms with van der Waals surface area (Å²) in [5.74, 6) is 1.71. The Labute approximate surface area is 84.2 Å². The number of hydrogen-bond donors (Lipinski definition) is 2. The number of aliphatic hydroxyl groups is 1. The molecule has 1 rings (SSSR count). The highest BCUT2D eigenvalue weighted by atomic mass is 16.3. The second-order valence-corrected chi connectivity index (χ2v) is 3.39. The van der Waals surface area contributed by atoms with Crippen molar-refractivity contribution in [2.24, 2.45) is 0 Å². The van der Waals surface area contributed by atoms with Crippen molar-refractivity contribution in [1.29, 1.82) is 0 Å². The molecular formula is C9H18N4O. The third-order valence-electron chi connectivity index (χ3n) is 2.24. The molecule has 0 fully saturated rings. The van der Waals surface area contributed by atoms with Gasteiger partial charge in [-0.15, -0.1) is 0 Å². The first-order valence-electron chi connectivity index (χ1n) is 4.83. The Kier molecular flexibility index (Phi) is 4.03. The minimum absolute atomic E-state index is 0.193. The lowest BCUT2D eigenvalue weighted by Gasteiger charge is -2.14. The van der Waals surface area contributed by atoms with E-state index in [1.165, 1.54) is 0 Å². The molecule has 5 nitrogen and oxygen atoms in total. The number of aryl methyl sites for hydroxylation is 2. The maximum absolute atomic E-state index is 8.84. The predicted molar refractivity (Wildman–Crippen MR) is 54.0 cm³/mol. The SMILES string of the molecule is CNC(CCO)Cn1nc(C)nc1C. The van der Waals surface area contributed by atoms with E-state index in [4.69, 9.17) is 5.11 Å². The summed E-state index contributed by atoms with van der Waals surface area (Å²) in [6.45, 7) is 4.76. The lowest BCUT2D eigenvalue weighted by atomic mass is 10.2. The Morgan fingerprint density at radius 3 is 2.64 bits per heavy atom. The van der Waals surface area contributed by atoms with Gasteiger partial charge in [-0.25, -0.2) is 9.67 Å². The van der Waals surface area contributed by atoms with Crippen LogP contribution in [0.2, 0.25) is 0 Å². The number of hydrogen-bond acceptors (Lipinski definition) is 4. The zero-order valence-corrected chi connectivity index (χ0v) is 8.99. The molecular weight excluding hydrogens is 180 g/mol. The van der Waals surface area contributed by atoms with Crippen molar-refractivity contribution in [1.82, 2.24) is 20.1 Å². The van der Waals surface area contributed by atoms with E-state index in [1.807, 2.05) is 25.6 Å². The van der Waals surface area contributed by atoms with E-state index in [1.54, 1.807) is 0 Å². The number of aliphatic hydroxyl groups excluding tert-OH is 1. The van der Waals surface area contributed by atoms with Crippen molar-refractivity contribution in [2.75, 3.05) is 13.7 Å². The van der Waals surface area contributed by atoms with Crippen molar-refractivity contribution in [3.8, 4) is 0 Å². The van der Waals surface area contributed by atoms with E-state index in [2.05, 4.69) is 15.4 Å². The molecule has 0 aliphatic heterocycles. The van der Waals surface area contributed by atoms with Crippen LogP contribution in [0.3, 0.4) is 0 Å². The molecule has 0 radical (unpaired) electrons. The highest BCUT2D eigenvalue weighted by Gasteiger charge is 2.09. The van der Waals surface area contributed by atoms with Crippen LogP contribution in [0.1, 0.15) is 18.1 Å². The summed E-state index contributed by atoms with van der Waals surface area (Å²) in [7, 11) is 1.89. The first-order valence-corrected chi connectivity index (χ1v) is 4.83. The van der Waals surface area contributed by atoms with E-state index < -0.39 is 0 Å². The topological polar surface area (TPSA) is 63.0 Å². The van der Waals surface area contributed by atoms with Gasteiger partial charge in [-0.3, -0.25) is 0 Å². The zero-order valence-electron chi connectivity index (χ0n) is 8.99. The summed E-state index contributed by atoms with van der Waals surface area (Å²) in [4.78, 5) is 4.22. The maximum atomic E-state index is 8.84. The Morgan fingerprint density at radius 1 is 1.50 bits per heavy atom. The van der Waals surface area contributed by atoms with E-state index in [0.29, 0.717) is 0 Å². The highest BCUT2D eigenvalue weighted by Crippen LogP contribution is 2.00. The molecule has 1 atom stereocenters. The van der Waals surface area contributed by atoms with Gasteiger partial charge in [0.25, 0.3) is 0 Å². The molecule has 1 aromatic rings. The Balaban J connectivity index is 2.61. The second-order valence-electron chi connectivity index (χ2n) is 3.39. The number of aromatic nitrogens is 3. The maximum Gasteiger partial charge on any atom is 0.147 e. The minimum Gasteiger partial charge on any atom is -0.396 e. The summed E-state index contributed by atoms with van der Waals surface area (Å²) in [5.41, 5.74) is 0. The van der Waals surface area contributed by atoms with Gasteiger partial charge in [0.1, 0.15) is 11.6 Å². The normalized spacial score (nSPS) is 13.1. The largest absolute Gasteiger partial charge is 0.396 e. The van der Waals surface area contributed by atoms with Gasteiger partial charge in [0, 0.05) is 12.6 Å². The Bertz CT molecular complexity index is 284. The molecule has 0 aromatic carbocycles. The van der Waals surface area contributed by atoms with Gasteiger partial charge >= 0.3 is 0 Å². The molecule has 5 heteroatoms. The molecule has 0 aliphatic rings. The van der Waals surface area contributed by atoms with E-state index >= 15 is 0 Å². The molecule has 0 bridgehead atoms. The minimum atomic E-state index is 0.193. The van der Waals surface area contributed by atoms with Crippen molar-refractivity contribution in [3.63, 3.8) is 0 Å². The number of nitrogens with one attached hydrogen (secondary N) is 1. The summed E-state index contributed by atoms with van der Waals surface area (Å²) in [6.07, 6.45) is 0.731. The lowest BCUT2D eigenvalue weighted by Crippen LogP contribution is -2.31. The summed E-state index contributed by atoms with van der Waals surface area (Å²) < 4.78 is 1.87. The van der Waals surface area contributed by atoms with Crippen LogP contribution in [-0.4, -0.2) is 39.6 Å². The Morgan fingerprint density at radius 2 is 2.21 bits per heavy atom. The predicted octanol–water partition coefficient (Wildman–Crippen LogP) is -0.135. The fraction of sp³-hybridized carbons (Fsp3) is 0.778. The van der Waals surface area contributed by atoms with Gasteiger partial charge in [0.15, 0.2) is 0 Å². The molecule has 2 N–H and O–H groups in total. The summed E-state index contributed by atoms with van der Waals surface area (Å²) in [5, 5.41) is 16.2. The number of likely N-dealkylation sites (N-methyl/N-ethyl adjacent to an activating group) is 1. The van der Waals surface area contributed by atoms with Crippen LogP contribution in [0, 0.1) is 13.8 Å². The van der Waals surface area contributed by atoms with Crippen LogP contribution < -0.4 is 5.32 Å². The third-order valence-corrected chi connectivity index (χ3v) is 2.24. The van der Waals surface area contributed by atoms with Crippen molar-refractivity contribution >= 4 is 0 Å². The van der Waals surface area contributed by atoms with Crippen molar-refractivity contribution in [3.05, 3.63) is 11.6 Å². The van der Waals surface area contributed by atoms with E-state index in [9.17, 15) is 0 Å². The average molecular weight is 198 g/mol. The quantitative estimate of drug-likeness (QED) is 0.691. The summed E-state index contributed by atoms with van der Waals surface area (Å²) in [6, 6.07) is 0.250. The van der Waals surface area contributed by atoms with Gasteiger partial charge in [-0.1, -0.05) is 0 Å².